The van der Waals surface area contributed by atoms with Crippen molar-refractivity contribution in [3.63, 3.8) is 0 Å². The van der Waals surface area contributed by atoms with Crippen LogP contribution in [0.2, 0.25) is 0 Å². The Hall–Kier alpha value is -0.810. The molecule has 0 spiro atoms. The second-order valence-electron chi connectivity index (χ2n) is 2.03. The normalized spacial score (nSPS) is 10.5. The lowest BCUT2D eigenvalue weighted by atomic mass is 10.2. The van der Waals surface area contributed by atoms with E-state index in [9.17, 15) is 0 Å². The van der Waals surface area contributed by atoms with Crippen LogP contribution < -0.4 is 11.0 Å². The Morgan fingerprint density at radius 3 is 2.30 bits per heavy atom. The Morgan fingerprint density at radius 2 is 1.80 bits per heavy atom. The van der Waals surface area contributed by atoms with Crippen LogP contribution in [0, 0.1) is 0 Å². The zero-order valence-corrected chi connectivity index (χ0v) is 6.77. The van der Waals surface area contributed by atoms with E-state index in [1.807, 2.05) is 30.3 Å². The highest BCUT2D eigenvalue weighted by atomic mass is 31.0. The number of rotatable bonds is 1. The van der Waals surface area contributed by atoms with Crippen LogP contribution in [0.4, 0.5) is 0 Å². The molecular formula is C8H10NP. The number of nitrogens with two attached hydrogens (primary N) is 1. The van der Waals surface area contributed by atoms with Crippen LogP contribution in [0.15, 0.2) is 30.5 Å². The molecule has 0 aliphatic carbocycles. The van der Waals surface area contributed by atoms with Crippen molar-refractivity contribution >= 4 is 20.6 Å². The van der Waals surface area contributed by atoms with Crippen molar-refractivity contribution in [3.05, 3.63) is 36.0 Å². The van der Waals surface area contributed by atoms with Gasteiger partial charge >= 0.3 is 0 Å². The molecule has 10 heavy (non-hydrogen) atoms. The maximum Gasteiger partial charge on any atom is -0.00564 e. The highest BCUT2D eigenvalue weighted by molar-refractivity contribution is 7.27. The van der Waals surface area contributed by atoms with Gasteiger partial charge in [0, 0.05) is 0 Å². The molecule has 1 aromatic carbocycles. The molecule has 52 valence electrons. The summed E-state index contributed by atoms with van der Waals surface area (Å²) in [6.45, 7) is 0. The fourth-order valence-corrected chi connectivity index (χ4v) is 0.911. The van der Waals surface area contributed by atoms with Crippen molar-refractivity contribution in [1.29, 1.82) is 0 Å². The first kappa shape index (κ1) is 7.30. The Balaban J connectivity index is 2.89. The predicted octanol–water partition coefficient (Wildman–Crippen LogP) is 1.12. The van der Waals surface area contributed by atoms with Gasteiger partial charge in [-0.05, 0) is 23.1 Å². The lowest BCUT2D eigenvalue weighted by Crippen LogP contribution is -1.87. The van der Waals surface area contributed by atoms with Gasteiger partial charge in [-0.25, -0.2) is 0 Å². The van der Waals surface area contributed by atoms with E-state index in [2.05, 4.69) is 9.24 Å². The lowest BCUT2D eigenvalue weighted by Gasteiger charge is -1.92. The monoisotopic (exact) mass is 151 g/mol. The molecule has 2 N–H and O–H groups in total. The van der Waals surface area contributed by atoms with Gasteiger partial charge in [-0.1, -0.05) is 24.3 Å². The molecule has 0 aromatic heterocycles. The molecule has 0 amide bonds. The molecule has 0 aliphatic rings. The van der Waals surface area contributed by atoms with Gasteiger partial charge in [0.15, 0.2) is 0 Å². The molecule has 0 saturated carbocycles. The molecule has 0 radical (unpaired) electrons. The number of hydrogen-bond donors (Lipinski definition) is 1. The minimum absolute atomic E-state index is 1.13. The summed E-state index contributed by atoms with van der Waals surface area (Å²) in [6, 6.07) is 8.09. The largest absolute Gasteiger partial charge is 0.405 e. The number of benzene rings is 1. The fourth-order valence-electron chi connectivity index (χ4n) is 0.718. The summed E-state index contributed by atoms with van der Waals surface area (Å²) in [5, 5.41) is 1.19. The minimum atomic E-state index is 1.13. The van der Waals surface area contributed by atoms with Crippen LogP contribution in [0.1, 0.15) is 5.56 Å². The van der Waals surface area contributed by atoms with Crippen LogP contribution in [-0.4, -0.2) is 0 Å². The maximum absolute atomic E-state index is 5.21. The van der Waals surface area contributed by atoms with E-state index in [0.29, 0.717) is 0 Å². The summed E-state index contributed by atoms with van der Waals surface area (Å²) in [4.78, 5) is 0. The van der Waals surface area contributed by atoms with Crippen molar-refractivity contribution in [2.45, 2.75) is 0 Å². The first-order valence-electron chi connectivity index (χ1n) is 3.07. The van der Waals surface area contributed by atoms with E-state index in [1.165, 1.54) is 11.5 Å². The summed E-state index contributed by atoms with van der Waals surface area (Å²) in [7, 11) is 2.63. The molecule has 1 rings (SSSR count). The Bertz CT molecular complexity index is 226. The van der Waals surface area contributed by atoms with Crippen LogP contribution in [0.3, 0.4) is 0 Å². The van der Waals surface area contributed by atoms with Gasteiger partial charge in [-0.15, -0.1) is 9.24 Å². The van der Waals surface area contributed by atoms with Crippen molar-refractivity contribution in [2.75, 3.05) is 0 Å². The summed E-state index contributed by atoms with van der Waals surface area (Å²) < 4.78 is 0. The van der Waals surface area contributed by atoms with E-state index >= 15 is 0 Å². The molecule has 1 atom stereocenters. The maximum atomic E-state index is 5.21. The van der Waals surface area contributed by atoms with Gasteiger partial charge in [0.25, 0.3) is 0 Å². The molecule has 0 saturated heterocycles. The van der Waals surface area contributed by atoms with Crippen LogP contribution in [0.25, 0.3) is 6.08 Å². The molecule has 0 bridgehead atoms. The molecule has 1 unspecified atom stereocenters. The Labute approximate surface area is 63.1 Å². The topological polar surface area (TPSA) is 26.0 Å². The van der Waals surface area contributed by atoms with E-state index in [4.69, 9.17) is 5.73 Å². The quantitative estimate of drug-likeness (QED) is 0.598. The first-order valence-corrected chi connectivity index (χ1v) is 3.64. The van der Waals surface area contributed by atoms with Gasteiger partial charge in [-0.2, -0.15) is 0 Å². The average Bonchev–Trinajstić information content (AvgIpc) is 1.95. The van der Waals surface area contributed by atoms with E-state index in [1.54, 1.807) is 0 Å². The van der Waals surface area contributed by atoms with E-state index in [-0.39, 0.29) is 0 Å². The van der Waals surface area contributed by atoms with Gasteiger partial charge in [-0.3, -0.25) is 0 Å². The SMILES string of the molecule is N/C=C/c1ccc(P)cc1. The molecule has 0 heterocycles. The minimum Gasteiger partial charge on any atom is -0.405 e. The van der Waals surface area contributed by atoms with Crippen molar-refractivity contribution in [3.8, 4) is 0 Å². The summed E-state index contributed by atoms with van der Waals surface area (Å²) in [6.07, 6.45) is 3.40. The molecular weight excluding hydrogens is 141 g/mol. The fraction of sp³-hybridized carbons (Fsp3) is 0. The second-order valence-corrected chi connectivity index (χ2v) is 2.69. The van der Waals surface area contributed by atoms with E-state index in [0.717, 1.165) is 5.56 Å². The van der Waals surface area contributed by atoms with Gasteiger partial charge in [0.1, 0.15) is 0 Å². The Morgan fingerprint density at radius 1 is 1.20 bits per heavy atom. The third kappa shape index (κ3) is 1.85. The van der Waals surface area contributed by atoms with Crippen LogP contribution in [0.5, 0.6) is 0 Å². The van der Waals surface area contributed by atoms with Crippen LogP contribution >= 0.6 is 9.24 Å². The summed E-state index contributed by atoms with van der Waals surface area (Å²) in [5.41, 5.74) is 6.35. The molecule has 0 fully saturated rings. The lowest BCUT2D eigenvalue weighted by molar-refractivity contribution is 1.61. The third-order valence-electron chi connectivity index (χ3n) is 1.23. The van der Waals surface area contributed by atoms with Gasteiger partial charge in [0.2, 0.25) is 0 Å². The van der Waals surface area contributed by atoms with Crippen molar-refractivity contribution < 1.29 is 0 Å². The second kappa shape index (κ2) is 3.38. The Kier molecular flexibility index (Phi) is 2.47. The van der Waals surface area contributed by atoms with Crippen molar-refractivity contribution in [1.82, 2.24) is 0 Å². The molecule has 1 nitrogen and oxygen atoms in total. The third-order valence-corrected chi connectivity index (χ3v) is 1.61. The number of hydrogen-bond acceptors (Lipinski definition) is 1. The standard InChI is InChI=1S/C8H10NP/c9-6-5-7-1-3-8(10)4-2-7/h1-6H,9-10H2/b6-5+. The predicted molar refractivity (Wildman–Crippen MR) is 49.0 cm³/mol. The van der Waals surface area contributed by atoms with Gasteiger partial charge in [0.05, 0.1) is 0 Å². The molecule has 1 aromatic rings. The smallest absolute Gasteiger partial charge is 0.00564 e. The highest BCUT2D eigenvalue weighted by Gasteiger charge is 1.83. The van der Waals surface area contributed by atoms with E-state index < -0.39 is 0 Å². The molecule has 2 heteroatoms. The molecule has 0 aliphatic heterocycles. The average molecular weight is 151 g/mol. The zero-order chi connectivity index (χ0) is 7.40. The zero-order valence-electron chi connectivity index (χ0n) is 5.62. The summed E-state index contributed by atoms with van der Waals surface area (Å²) >= 11 is 0. The first-order chi connectivity index (χ1) is 4.83. The van der Waals surface area contributed by atoms with Crippen LogP contribution in [-0.2, 0) is 0 Å². The van der Waals surface area contributed by atoms with Crippen molar-refractivity contribution in [2.24, 2.45) is 5.73 Å². The van der Waals surface area contributed by atoms with Gasteiger partial charge < -0.3 is 5.73 Å². The summed E-state index contributed by atoms with van der Waals surface area (Å²) in [5.74, 6) is 0. The highest BCUT2D eigenvalue weighted by Crippen LogP contribution is 1.99.